The average molecular weight is 255 g/mol. The van der Waals surface area contributed by atoms with Crippen LogP contribution in [0.1, 0.15) is 29.8 Å². The van der Waals surface area contributed by atoms with Crippen molar-refractivity contribution in [2.24, 2.45) is 11.8 Å². The Hall–Kier alpha value is -1.83. The molecule has 1 rings (SSSR count). The third-order valence-electron chi connectivity index (χ3n) is 2.58. The number of carbonyl (C=O) groups is 1. The van der Waals surface area contributed by atoms with Crippen molar-refractivity contribution in [3.05, 3.63) is 35.4 Å². The number of rotatable bonds is 3. The molecule has 0 heterocycles. The summed E-state index contributed by atoms with van der Waals surface area (Å²) in [4.78, 5) is 11.9. The first-order valence-electron chi connectivity index (χ1n) is 5.38. The van der Waals surface area contributed by atoms with Crippen molar-refractivity contribution >= 4 is 5.78 Å². The summed E-state index contributed by atoms with van der Waals surface area (Å²) in [6.45, 7) is 3.44. The summed E-state index contributed by atoms with van der Waals surface area (Å²) < 4.78 is 37.0. The lowest BCUT2D eigenvalue weighted by atomic mass is 9.89. The van der Waals surface area contributed by atoms with Gasteiger partial charge in [0, 0.05) is 5.56 Å². The second-order valence-corrected chi connectivity index (χ2v) is 4.29. The molecule has 0 aromatic heterocycles. The maximum atomic E-state index is 12.3. The van der Waals surface area contributed by atoms with Gasteiger partial charge in [-0.3, -0.25) is 4.79 Å². The van der Waals surface area contributed by atoms with E-state index in [4.69, 9.17) is 5.26 Å². The number of benzene rings is 1. The predicted octanol–water partition coefficient (Wildman–Crippen LogP) is 3.68. The molecule has 0 aliphatic rings. The highest BCUT2D eigenvalue weighted by Gasteiger charge is 2.31. The molecule has 5 heteroatoms. The van der Waals surface area contributed by atoms with Crippen LogP contribution in [-0.4, -0.2) is 5.78 Å². The Morgan fingerprint density at radius 3 is 2.06 bits per heavy atom. The van der Waals surface area contributed by atoms with Crippen molar-refractivity contribution in [3.63, 3.8) is 0 Å². The SMILES string of the molecule is CC(C)C(C#N)C(=O)c1ccc(C(F)(F)F)cc1. The molecule has 18 heavy (non-hydrogen) atoms. The Labute approximate surface area is 103 Å². The predicted molar refractivity (Wildman–Crippen MR) is 59.7 cm³/mol. The molecule has 0 bridgehead atoms. The maximum Gasteiger partial charge on any atom is 0.416 e. The van der Waals surface area contributed by atoms with Crippen molar-refractivity contribution < 1.29 is 18.0 Å². The molecule has 0 aliphatic carbocycles. The van der Waals surface area contributed by atoms with Gasteiger partial charge in [-0.15, -0.1) is 0 Å². The number of hydrogen-bond acceptors (Lipinski definition) is 2. The van der Waals surface area contributed by atoms with Gasteiger partial charge in [0.1, 0.15) is 5.92 Å². The molecular formula is C13H12F3NO. The summed E-state index contributed by atoms with van der Waals surface area (Å²) in [5, 5.41) is 8.86. The quantitative estimate of drug-likeness (QED) is 0.773. The lowest BCUT2D eigenvalue weighted by molar-refractivity contribution is -0.137. The third kappa shape index (κ3) is 3.10. The summed E-state index contributed by atoms with van der Waals surface area (Å²) in [6, 6.07) is 5.79. The lowest BCUT2D eigenvalue weighted by Gasteiger charge is -2.12. The van der Waals surface area contributed by atoms with Gasteiger partial charge in [0.05, 0.1) is 11.6 Å². The highest BCUT2D eigenvalue weighted by atomic mass is 19.4. The molecule has 96 valence electrons. The average Bonchev–Trinajstić information content (AvgIpc) is 2.28. The Morgan fingerprint density at radius 1 is 1.22 bits per heavy atom. The monoisotopic (exact) mass is 255 g/mol. The van der Waals surface area contributed by atoms with Crippen LogP contribution in [0.2, 0.25) is 0 Å². The van der Waals surface area contributed by atoms with Crippen molar-refractivity contribution in [3.8, 4) is 6.07 Å². The molecule has 1 aromatic rings. The van der Waals surface area contributed by atoms with Crippen LogP contribution in [0, 0.1) is 23.2 Å². The molecule has 1 aromatic carbocycles. The Balaban J connectivity index is 3.00. The smallest absolute Gasteiger partial charge is 0.293 e. The van der Waals surface area contributed by atoms with Gasteiger partial charge in [0.25, 0.3) is 0 Å². The largest absolute Gasteiger partial charge is 0.416 e. The molecule has 2 nitrogen and oxygen atoms in total. The van der Waals surface area contributed by atoms with Crippen LogP contribution in [0.5, 0.6) is 0 Å². The van der Waals surface area contributed by atoms with Crippen molar-refractivity contribution in [2.75, 3.05) is 0 Å². The van der Waals surface area contributed by atoms with Crippen molar-refractivity contribution in [1.82, 2.24) is 0 Å². The number of alkyl halides is 3. The Morgan fingerprint density at radius 2 is 1.72 bits per heavy atom. The minimum Gasteiger partial charge on any atom is -0.293 e. The molecule has 1 unspecified atom stereocenters. The van der Waals surface area contributed by atoms with Gasteiger partial charge >= 0.3 is 6.18 Å². The van der Waals surface area contributed by atoms with Gasteiger partial charge in [0.2, 0.25) is 0 Å². The first kappa shape index (κ1) is 14.2. The Kier molecular flexibility index (Phi) is 4.12. The van der Waals surface area contributed by atoms with Crippen LogP contribution in [0.3, 0.4) is 0 Å². The van der Waals surface area contributed by atoms with Gasteiger partial charge in [-0.2, -0.15) is 18.4 Å². The number of Topliss-reactive ketones (excluding diaryl/α,β-unsaturated/α-hetero) is 1. The van der Waals surface area contributed by atoms with Crippen LogP contribution in [0.15, 0.2) is 24.3 Å². The summed E-state index contributed by atoms with van der Waals surface area (Å²) in [7, 11) is 0. The highest BCUT2D eigenvalue weighted by Crippen LogP contribution is 2.29. The number of carbonyl (C=O) groups excluding carboxylic acids is 1. The van der Waals surface area contributed by atoms with E-state index in [2.05, 4.69) is 0 Å². The second-order valence-electron chi connectivity index (χ2n) is 4.29. The van der Waals surface area contributed by atoms with Crippen LogP contribution in [-0.2, 0) is 6.18 Å². The summed E-state index contributed by atoms with van der Waals surface area (Å²) >= 11 is 0. The number of halogens is 3. The molecule has 1 atom stereocenters. The first-order chi connectivity index (χ1) is 8.27. The highest BCUT2D eigenvalue weighted by molar-refractivity contribution is 5.99. The van der Waals surface area contributed by atoms with Gasteiger partial charge in [0.15, 0.2) is 5.78 Å². The molecule has 0 saturated heterocycles. The zero-order valence-corrected chi connectivity index (χ0v) is 9.95. The molecule has 0 saturated carbocycles. The standard InChI is InChI=1S/C13H12F3NO/c1-8(2)11(7-17)12(18)9-3-5-10(6-4-9)13(14,15)16/h3-6,8,11H,1-2H3. The molecular weight excluding hydrogens is 243 g/mol. The van der Waals surface area contributed by atoms with Gasteiger partial charge < -0.3 is 0 Å². The van der Waals surface area contributed by atoms with Gasteiger partial charge in [-0.25, -0.2) is 0 Å². The minimum absolute atomic E-state index is 0.128. The fourth-order valence-corrected chi connectivity index (χ4v) is 1.51. The van der Waals surface area contributed by atoms with Gasteiger partial charge in [-0.1, -0.05) is 26.0 Å². The van der Waals surface area contributed by atoms with E-state index in [1.165, 1.54) is 0 Å². The molecule has 0 spiro atoms. The number of nitrogens with zero attached hydrogens (tertiary/aromatic N) is 1. The maximum absolute atomic E-state index is 12.3. The molecule has 0 amide bonds. The van der Waals surface area contributed by atoms with E-state index >= 15 is 0 Å². The van der Waals surface area contributed by atoms with Crippen LogP contribution in [0.25, 0.3) is 0 Å². The summed E-state index contributed by atoms with van der Waals surface area (Å²) in [6.07, 6.45) is -4.42. The molecule has 0 aliphatic heterocycles. The number of ketones is 1. The third-order valence-corrected chi connectivity index (χ3v) is 2.58. The van der Waals surface area contributed by atoms with E-state index in [1.807, 2.05) is 6.07 Å². The van der Waals surface area contributed by atoms with E-state index < -0.39 is 23.4 Å². The van der Waals surface area contributed by atoms with E-state index in [-0.39, 0.29) is 11.5 Å². The van der Waals surface area contributed by atoms with Crippen LogP contribution >= 0.6 is 0 Å². The number of hydrogen-bond donors (Lipinski definition) is 0. The molecule has 0 N–H and O–H groups in total. The Bertz CT molecular complexity index is 468. The fourth-order valence-electron chi connectivity index (χ4n) is 1.51. The topological polar surface area (TPSA) is 40.9 Å². The zero-order chi connectivity index (χ0) is 13.9. The van der Waals surface area contributed by atoms with Gasteiger partial charge in [-0.05, 0) is 18.1 Å². The first-order valence-corrected chi connectivity index (χ1v) is 5.38. The van der Waals surface area contributed by atoms with E-state index in [0.29, 0.717) is 0 Å². The van der Waals surface area contributed by atoms with Crippen molar-refractivity contribution in [2.45, 2.75) is 20.0 Å². The molecule has 0 fully saturated rings. The van der Waals surface area contributed by atoms with E-state index in [1.54, 1.807) is 13.8 Å². The normalized spacial score (nSPS) is 13.2. The summed E-state index contributed by atoms with van der Waals surface area (Å²) in [5.41, 5.74) is -0.680. The number of nitriles is 1. The zero-order valence-electron chi connectivity index (χ0n) is 9.95. The van der Waals surface area contributed by atoms with Crippen LogP contribution in [0.4, 0.5) is 13.2 Å². The lowest BCUT2D eigenvalue weighted by Crippen LogP contribution is -2.18. The minimum atomic E-state index is -4.42. The van der Waals surface area contributed by atoms with Crippen LogP contribution < -0.4 is 0 Å². The molecule has 0 radical (unpaired) electrons. The summed E-state index contributed by atoms with van der Waals surface area (Å²) in [5.74, 6) is -1.45. The van der Waals surface area contributed by atoms with Crippen molar-refractivity contribution in [1.29, 1.82) is 5.26 Å². The fraction of sp³-hybridized carbons (Fsp3) is 0.385. The van der Waals surface area contributed by atoms with E-state index in [9.17, 15) is 18.0 Å². The van der Waals surface area contributed by atoms with E-state index in [0.717, 1.165) is 24.3 Å². The second kappa shape index (κ2) is 5.21.